The smallest absolute Gasteiger partial charge is 0.316 e. The molecule has 1 aromatic carbocycles. The first-order chi connectivity index (χ1) is 8.06. The fraction of sp³-hybridized carbons (Fsp3) is 0.231. The van der Waals surface area contributed by atoms with Crippen LogP contribution in [0, 0.1) is 6.92 Å². The summed E-state index contributed by atoms with van der Waals surface area (Å²) in [5.41, 5.74) is 2.87. The molecule has 1 atom stereocenters. The van der Waals surface area contributed by atoms with Crippen molar-refractivity contribution in [3.05, 3.63) is 41.6 Å². The van der Waals surface area contributed by atoms with Crippen molar-refractivity contribution in [2.45, 2.75) is 18.6 Å². The maximum absolute atomic E-state index is 10.7. The lowest BCUT2D eigenvalue weighted by Crippen LogP contribution is -2.16. The Morgan fingerprint density at radius 3 is 2.88 bits per heavy atom. The van der Waals surface area contributed by atoms with E-state index in [-0.39, 0.29) is 0 Å². The number of rotatable bonds is 3. The van der Waals surface area contributed by atoms with E-state index >= 15 is 0 Å². The van der Waals surface area contributed by atoms with Gasteiger partial charge in [0.25, 0.3) is 0 Å². The number of carbonyl (C=O) groups is 1. The zero-order valence-electron chi connectivity index (χ0n) is 9.42. The molecule has 0 radical (unpaired) electrons. The molecule has 0 saturated heterocycles. The van der Waals surface area contributed by atoms with Crippen LogP contribution in [0.2, 0.25) is 0 Å². The van der Waals surface area contributed by atoms with Gasteiger partial charge in [-0.3, -0.25) is 9.78 Å². The van der Waals surface area contributed by atoms with Gasteiger partial charge < -0.3 is 5.11 Å². The van der Waals surface area contributed by atoms with Crippen LogP contribution in [0.1, 0.15) is 11.3 Å². The van der Waals surface area contributed by atoms with Gasteiger partial charge in [0, 0.05) is 11.1 Å². The van der Waals surface area contributed by atoms with E-state index in [4.69, 9.17) is 5.11 Å². The molecule has 0 bridgehead atoms. The van der Waals surface area contributed by atoms with Crippen molar-refractivity contribution in [1.29, 1.82) is 0 Å². The molecule has 0 aliphatic rings. The predicted molar refractivity (Wildman–Crippen MR) is 70.6 cm³/mol. The minimum absolute atomic E-state index is 0.419. The number of nitrogens with zero attached hydrogens (tertiary/aromatic N) is 1. The normalized spacial score (nSPS) is 12.6. The second kappa shape index (κ2) is 4.75. The third kappa shape index (κ3) is 2.77. The molecule has 0 amide bonds. The molecule has 17 heavy (non-hydrogen) atoms. The summed E-state index contributed by atoms with van der Waals surface area (Å²) in [6, 6.07) is 9.73. The van der Waals surface area contributed by atoms with Gasteiger partial charge in [0.15, 0.2) is 0 Å². The Bertz CT molecular complexity index is 568. The molecule has 0 fully saturated rings. The number of pyridine rings is 1. The van der Waals surface area contributed by atoms with Gasteiger partial charge in [-0.1, -0.05) is 12.1 Å². The molecule has 2 aromatic rings. The molecule has 0 aliphatic carbocycles. The van der Waals surface area contributed by atoms with Crippen molar-refractivity contribution in [3.63, 3.8) is 0 Å². The number of benzene rings is 1. The van der Waals surface area contributed by atoms with Crippen LogP contribution in [0.15, 0.2) is 30.3 Å². The molecule has 88 valence electrons. The number of fused-ring (bicyclic) bond motifs is 1. The highest BCUT2D eigenvalue weighted by atomic mass is 32.1. The summed E-state index contributed by atoms with van der Waals surface area (Å²) in [5.74, 6) is -0.893. The number of aromatic nitrogens is 1. The lowest BCUT2D eigenvalue weighted by molar-refractivity contribution is -0.136. The standard InChI is InChI=1S/C13H13NO2S/c1-8-2-4-10-6-9(3-5-11(10)14-8)7-12(17)13(15)16/h2-6,12,17H,7H2,1H3,(H,15,16). The molecule has 1 aromatic heterocycles. The lowest BCUT2D eigenvalue weighted by Gasteiger charge is -2.06. The molecule has 2 rings (SSSR count). The van der Waals surface area contributed by atoms with Gasteiger partial charge >= 0.3 is 5.97 Å². The van der Waals surface area contributed by atoms with Crippen molar-refractivity contribution in [3.8, 4) is 0 Å². The number of aryl methyl sites for hydroxylation is 1. The quantitative estimate of drug-likeness (QED) is 0.819. The average Bonchev–Trinajstić information content (AvgIpc) is 2.29. The largest absolute Gasteiger partial charge is 0.480 e. The number of hydrogen-bond acceptors (Lipinski definition) is 3. The summed E-state index contributed by atoms with van der Waals surface area (Å²) in [6.07, 6.45) is 0.419. The van der Waals surface area contributed by atoms with E-state index in [2.05, 4.69) is 17.6 Å². The summed E-state index contributed by atoms with van der Waals surface area (Å²) < 4.78 is 0. The van der Waals surface area contributed by atoms with Crippen LogP contribution >= 0.6 is 12.6 Å². The number of carboxylic acid groups (broad SMARTS) is 1. The molecule has 1 unspecified atom stereocenters. The molecule has 0 aliphatic heterocycles. The highest BCUT2D eigenvalue weighted by Crippen LogP contribution is 2.17. The minimum atomic E-state index is -0.893. The van der Waals surface area contributed by atoms with Gasteiger partial charge in [-0.25, -0.2) is 0 Å². The minimum Gasteiger partial charge on any atom is -0.480 e. The number of aliphatic carboxylic acids is 1. The maximum atomic E-state index is 10.7. The van der Waals surface area contributed by atoms with E-state index in [1.807, 2.05) is 37.3 Å². The summed E-state index contributed by atoms with van der Waals surface area (Å²) >= 11 is 4.03. The Kier molecular flexibility index (Phi) is 3.33. The predicted octanol–water partition coefficient (Wildman–Crippen LogP) is 2.47. The Balaban J connectivity index is 2.32. The van der Waals surface area contributed by atoms with Gasteiger partial charge in [0.2, 0.25) is 0 Å². The first-order valence-corrected chi connectivity index (χ1v) is 5.85. The topological polar surface area (TPSA) is 50.2 Å². The molecular weight excluding hydrogens is 234 g/mol. The van der Waals surface area contributed by atoms with Gasteiger partial charge in [-0.15, -0.1) is 0 Å². The van der Waals surface area contributed by atoms with Crippen molar-refractivity contribution >= 4 is 29.5 Å². The van der Waals surface area contributed by atoms with Crippen LogP contribution in [-0.2, 0) is 11.2 Å². The molecule has 0 saturated carbocycles. The van der Waals surface area contributed by atoms with E-state index < -0.39 is 11.2 Å². The molecule has 0 spiro atoms. The number of carboxylic acids is 1. The van der Waals surface area contributed by atoms with Gasteiger partial charge in [0.1, 0.15) is 5.25 Å². The fourth-order valence-corrected chi connectivity index (χ4v) is 1.93. The molecule has 4 heteroatoms. The molecule has 1 heterocycles. The monoisotopic (exact) mass is 247 g/mol. The summed E-state index contributed by atoms with van der Waals surface area (Å²) in [5, 5.41) is 9.17. The maximum Gasteiger partial charge on any atom is 0.316 e. The first-order valence-electron chi connectivity index (χ1n) is 5.33. The van der Waals surface area contributed by atoms with Crippen LogP contribution in [-0.4, -0.2) is 21.3 Å². The van der Waals surface area contributed by atoms with E-state index in [1.54, 1.807) is 0 Å². The lowest BCUT2D eigenvalue weighted by atomic mass is 10.1. The van der Waals surface area contributed by atoms with E-state index in [0.717, 1.165) is 22.2 Å². The van der Waals surface area contributed by atoms with Crippen molar-refractivity contribution in [2.24, 2.45) is 0 Å². The third-order valence-corrected chi connectivity index (χ3v) is 3.01. The van der Waals surface area contributed by atoms with E-state index in [9.17, 15) is 4.79 Å². The fourth-order valence-electron chi connectivity index (χ4n) is 1.71. The van der Waals surface area contributed by atoms with Crippen LogP contribution in [0.3, 0.4) is 0 Å². The Hall–Kier alpha value is -1.55. The summed E-state index contributed by atoms with van der Waals surface area (Å²) in [6.45, 7) is 1.95. The Labute approximate surface area is 105 Å². The van der Waals surface area contributed by atoms with Gasteiger partial charge in [-0.05, 0) is 37.1 Å². The van der Waals surface area contributed by atoms with Gasteiger partial charge in [-0.2, -0.15) is 12.6 Å². The molecule has 3 nitrogen and oxygen atoms in total. The zero-order valence-corrected chi connectivity index (χ0v) is 10.3. The highest BCUT2D eigenvalue weighted by molar-refractivity contribution is 7.81. The second-order valence-electron chi connectivity index (χ2n) is 4.04. The summed E-state index contributed by atoms with van der Waals surface area (Å²) in [4.78, 5) is 15.1. The van der Waals surface area contributed by atoms with Crippen molar-refractivity contribution < 1.29 is 9.90 Å². The second-order valence-corrected chi connectivity index (χ2v) is 4.66. The average molecular weight is 247 g/mol. The van der Waals surface area contributed by atoms with E-state index in [1.165, 1.54) is 0 Å². The number of hydrogen-bond donors (Lipinski definition) is 2. The molecular formula is C13H13NO2S. The van der Waals surface area contributed by atoms with Crippen molar-refractivity contribution in [2.75, 3.05) is 0 Å². The summed E-state index contributed by atoms with van der Waals surface area (Å²) in [7, 11) is 0. The first kappa shape index (κ1) is 11.9. The Morgan fingerprint density at radius 2 is 2.18 bits per heavy atom. The van der Waals surface area contributed by atoms with Crippen LogP contribution in [0.4, 0.5) is 0 Å². The van der Waals surface area contributed by atoms with Crippen LogP contribution in [0.25, 0.3) is 10.9 Å². The van der Waals surface area contributed by atoms with E-state index in [0.29, 0.717) is 6.42 Å². The SMILES string of the molecule is Cc1ccc2cc(CC(S)C(=O)O)ccc2n1. The number of thiol groups is 1. The highest BCUT2D eigenvalue weighted by Gasteiger charge is 2.12. The third-order valence-electron chi connectivity index (χ3n) is 2.61. The van der Waals surface area contributed by atoms with Gasteiger partial charge in [0.05, 0.1) is 5.52 Å². The van der Waals surface area contributed by atoms with Crippen LogP contribution in [0.5, 0.6) is 0 Å². The zero-order chi connectivity index (χ0) is 12.4. The Morgan fingerprint density at radius 1 is 1.41 bits per heavy atom. The molecule has 1 N–H and O–H groups in total. The van der Waals surface area contributed by atoms with Crippen molar-refractivity contribution in [1.82, 2.24) is 4.98 Å². The van der Waals surface area contributed by atoms with Crippen LogP contribution < -0.4 is 0 Å².